The fourth-order valence-electron chi connectivity index (χ4n) is 4.18. The minimum Gasteiger partial charge on any atom is -0.459 e. The number of likely N-dealkylation sites (N-methyl/N-ethyl adjacent to an activating group) is 1. The number of benzene rings is 2. The van der Waals surface area contributed by atoms with Gasteiger partial charge in [0.25, 0.3) is 0 Å². The highest BCUT2D eigenvalue weighted by Gasteiger charge is 2.38. The van der Waals surface area contributed by atoms with Gasteiger partial charge in [-0.25, -0.2) is 9.18 Å². The molecule has 0 radical (unpaired) electrons. The summed E-state index contributed by atoms with van der Waals surface area (Å²) in [7, 11) is 1.58. The van der Waals surface area contributed by atoms with Crippen molar-refractivity contribution in [3.63, 3.8) is 0 Å². The lowest BCUT2D eigenvalue weighted by molar-refractivity contribution is -0.153. The number of nitrogen functional groups attached to an aromatic ring is 1. The standard InChI is InChI=1S/C29H32FN3O5S/c1-4-29(5-2,28(36)33(3)17-25(34)37-18-19-9-7-6-8-10-19)16-21-12-14-24(39-21)27(35)38-20-11-13-22(26(31)32)23(30)15-20/h6-15H,4-5,16-18H2,1-3H3,(H3,31,32). The number of amides is 1. The predicted molar refractivity (Wildman–Crippen MR) is 147 cm³/mol. The van der Waals surface area contributed by atoms with E-state index in [0.29, 0.717) is 24.1 Å². The van der Waals surface area contributed by atoms with E-state index in [1.165, 1.54) is 28.4 Å². The van der Waals surface area contributed by atoms with E-state index in [2.05, 4.69) is 0 Å². The topological polar surface area (TPSA) is 123 Å². The van der Waals surface area contributed by atoms with E-state index in [1.807, 2.05) is 44.2 Å². The molecule has 0 saturated heterocycles. The van der Waals surface area contributed by atoms with E-state index >= 15 is 0 Å². The number of amidine groups is 1. The van der Waals surface area contributed by atoms with Gasteiger partial charge in [-0.2, -0.15) is 0 Å². The van der Waals surface area contributed by atoms with Gasteiger partial charge in [0.2, 0.25) is 5.91 Å². The third kappa shape index (κ3) is 7.51. The Morgan fingerprint density at radius 3 is 2.36 bits per heavy atom. The number of nitrogens with one attached hydrogen (secondary N) is 1. The number of carbonyl (C=O) groups is 3. The molecule has 0 atom stereocenters. The molecule has 1 amide bonds. The van der Waals surface area contributed by atoms with Crippen molar-refractivity contribution in [3.8, 4) is 5.75 Å². The lowest BCUT2D eigenvalue weighted by Gasteiger charge is -2.33. The highest BCUT2D eigenvalue weighted by molar-refractivity contribution is 7.14. The van der Waals surface area contributed by atoms with Gasteiger partial charge in [-0.15, -0.1) is 11.3 Å². The number of hydrogen-bond donors (Lipinski definition) is 2. The van der Waals surface area contributed by atoms with Crippen molar-refractivity contribution >= 4 is 35.0 Å². The number of hydrogen-bond acceptors (Lipinski definition) is 7. The first-order valence-corrected chi connectivity index (χ1v) is 13.3. The minimum atomic E-state index is -0.772. The summed E-state index contributed by atoms with van der Waals surface area (Å²) in [6.45, 7) is 3.81. The molecule has 0 fully saturated rings. The van der Waals surface area contributed by atoms with Gasteiger partial charge in [-0.3, -0.25) is 15.0 Å². The summed E-state index contributed by atoms with van der Waals surface area (Å²) in [6.07, 6.45) is 1.44. The Morgan fingerprint density at radius 2 is 1.74 bits per heavy atom. The zero-order valence-corrected chi connectivity index (χ0v) is 23.0. The summed E-state index contributed by atoms with van der Waals surface area (Å²) in [5.74, 6) is -2.53. The van der Waals surface area contributed by atoms with Crippen LogP contribution >= 0.6 is 11.3 Å². The van der Waals surface area contributed by atoms with E-state index < -0.39 is 29.0 Å². The van der Waals surface area contributed by atoms with Crippen LogP contribution in [0.25, 0.3) is 0 Å². The van der Waals surface area contributed by atoms with Crippen LogP contribution in [0.1, 0.15) is 52.4 Å². The average molecular weight is 554 g/mol. The van der Waals surface area contributed by atoms with E-state index in [9.17, 15) is 18.8 Å². The molecule has 1 aromatic heterocycles. The molecule has 206 valence electrons. The normalized spacial score (nSPS) is 11.1. The summed E-state index contributed by atoms with van der Waals surface area (Å²) in [5.41, 5.74) is 5.33. The zero-order valence-electron chi connectivity index (χ0n) is 22.2. The van der Waals surface area contributed by atoms with Crippen molar-refractivity contribution in [2.45, 2.75) is 39.7 Å². The van der Waals surface area contributed by atoms with Gasteiger partial charge in [0, 0.05) is 18.0 Å². The van der Waals surface area contributed by atoms with Gasteiger partial charge < -0.3 is 20.1 Å². The third-order valence-corrected chi connectivity index (χ3v) is 7.64. The van der Waals surface area contributed by atoms with E-state index in [-0.39, 0.29) is 30.4 Å². The van der Waals surface area contributed by atoms with Gasteiger partial charge in [0.1, 0.15) is 35.4 Å². The molecule has 1 heterocycles. The number of ether oxygens (including phenoxy) is 2. The first kappa shape index (κ1) is 29.5. The second-order valence-corrected chi connectivity index (χ2v) is 10.4. The summed E-state index contributed by atoms with van der Waals surface area (Å²) in [5, 5.41) is 7.35. The van der Waals surface area contributed by atoms with Crippen LogP contribution in [0, 0.1) is 16.6 Å². The number of thiophene rings is 1. The smallest absolute Gasteiger partial charge is 0.353 e. The monoisotopic (exact) mass is 553 g/mol. The van der Waals surface area contributed by atoms with Crippen LogP contribution in [-0.4, -0.2) is 42.2 Å². The van der Waals surface area contributed by atoms with Crippen molar-refractivity contribution in [2.75, 3.05) is 13.6 Å². The maximum absolute atomic E-state index is 14.1. The SMILES string of the molecule is CCC(CC)(Cc1ccc(C(=O)Oc2ccc(C(=N)N)c(F)c2)s1)C(=O)N(C)CC(=O)OCc1ccccc1. The van der Waals surface area contributed by atoms with Crippen LogP contribution < -0.4 is 10.5 Å². The molecule has 0 unspecified atom stereocenters. The highest BCUT2D eigenvalue weighted by Crippen LogP contribution is 2.35. The van der Waals surface area contributed by atoms with Crippen LogP contribution in [-0.2, 0) is 27.4 Å². The molecule has 0 aliphatic carbocycles. The maximum Gasteiger partial charge on any atom is 0.353 e. The first-order valence-electron chi connectivity index (χ1n) is 12.5. The van der Waals surface area contributed by atoms with Gasteiger partial charge in [0.15, 0.2) is 0 Å². The summed E-state index contributed by atoms with van der Waals surface area (Å²) in [6, 6.07) is 16.3. The molecule has 0 saturated carbocycles. The first-order chi connectivity index (χ1) is 18.6. The van der Waals surface area contributed by atoms with E-state index in [4.69, 9.17) is 20.6 Å². The van der Waals surface area contributed by atoms with E-state index in [0.717, 1.165) is 16.5 Å². The Kier molecular flexibility index (Phi) is 9.95. The second-order valence-electron chi connectivity index (χ2n) is 9.18. The van der Waals surface area contributed by atoms with Crippen molar-refractivity contribution in [1.29, 1.82) is 5.41 Å². The Bertz CT molecular complexity index is 1340. The number of esters is 2. The molecule has 39 heavy (non-hydrogen) atoms. The number of nitrogens with zero attached hydrogens (tertiary/aromatic N) is 1. The Balaban J connectivity index is 1.64. The van der Waals surface area contributed by atoms with Crippen molar-refractivity contribution in [1.82, 2.24) is 4.90 Å². The number of rotatable bonds is 12. The predicted octanol–water partition coefficient (Wildman–Crippen LogP) is 4.94. The largest absolute Gasteiger partial charge is 0.459 e. The molecular weight excluding hydrogens is 521 g/mol. The lowest BCUT2D eigenvalue weighted by Crippen LogP contribution is -2.45. The lowest BCUT2D eigenvalue weighted by atomic mass is 9.77. The fourth-order valence-corrected chi connectivity index (χ4v) is 5.21. The molecule has 2 aromatic carbocycles. The van der Waals surface area contributed by atoms with Crippen molar-refractivity contribution < 1.29 is 28.2 Å². The Labute approximate surface area is 231 Å². The average Bonchev–Trinajstić information content (AvgIpc) is 3.39. The molecular formula is C29H32FN3O5S. The van der Waals surface area contributed by atoms with Crippen LogP contribution in [0.5, 0.6) is 5.75 Å². The van der Waals surface area contributed by atoms with Gasteiger partial charge >= 0.3 is 11.9 Å². The fraction of sp³-hybridized carbons (Fsp3) is 0.310. The quantitative estimate of drug-likeness (QED) is 0.142. The van der Waals surface area contributed by atoms with Gasteiger partial charge in [-0.05, 0) is 49.1 Å². The molecule has 0 bridgehead atoms. The highest BCUT2D eigenvalue weighted by atomic mass is 32.1. The Morgan fingerprint density at radius 1 is 1.05 bits per heavy atom. The number of nitrogens with two attached hydrogens (primary N) is 1. The molecule has 3 rings (SSSR count). The summed E-state index contributed by atoms with van der Waals surface area (Å²) < 4.78 is 24.7. The molecule has 3 aromatic rings. The maximum atomic E-state index is 14.1. The third-order valence-electron chi connectivity index (χ3n) is 6.58. The summed E-state index contributed by atoms with van der Waals surface area (Å²) >= 11 is 1.19. The van der Waals surface area contributed by atoms with Crippen LogP contribution in [0.3, 0.4) is 0 Å². The van der Waals surface area contributed by atoms with Crippen molar-refractivity contribution in [2.24, 2.45) is 11.1 Å². The minimum absolute atomic E-state index is 0.00938. The van der Waals surface area contributed by atoms with Crippen LogP contribution in [0.4, 0.5) is 4.39 Å². The zero-order chi connectivity index (χ0) is 28.6. The molecule has 10 heteroatoms. The van der Waals surface area contributed by atoms with E-state index in [1.54, 1.807) is 19.2 Å². The second kappa shape index (κ2) is 13.1. The van der Waals surface area contributed by atoms with Gasteiger partial charge in [-0.1, -0.05) is 44.2 Å². The van der Waals surface area contributed by atoms with Gasteiger partial charge in [0.05, 0.1) is 11.0 Å². The Hall–Kier alpha value is -4.05. The van der Waals surface area contributed by atoms with Crippen molar-refractivity contribution in [3.05, 3.63) is 87.4 Å². The van der Waals surface area contributed by atoms with Crippen LogP contribution in [0.2, 0.25) is 0 Å². The molecule has 0 aliphatic heterocycles. The molecule has 0 aliphatic rings. The van der Waals surface area contributed by atoms with Crippen LogP contribution in [0.15, 0.2) is 60.7 Å². The molecule has 3 N–H and O–H groups in total. The molecule has 0 spiro atoms. The summed E-state index contributed by atoms with van der Waals surface area (Å²) in [4.78, 5) is 41.0. The molecule has 8 nitrogen and oxygen atoms in total. The number of carbonyl (C=O) groups excluding carboxylic acids is 3. The number of halogens is 1.